The van der Waals surface area contributed by atoms with Crippen molar-refractivity contribution in [2.75, 3.05) is 58.5 Å². The molecule has 3 fully saturated rings. The summed E-state index contributed by atoms with van der Waals surface area (Å²) in [6.07, 6.45) is -7.72. The van der Waals surface area contributed by atoms with E-state index in [1.54, 1.807) is 51.2 Å². The number of carbonyl (C=O) groups excluding carboxylic acids is 4. The first-order valence-electron chi connectivity index (χ1n) is 24.9. The van der Waals surface area contributed by atoms with Crippen LogP contribution in [0.25, 0.3) is 0 Å². The van der Waals surface area contributed by atoms with Gasteiger partial charge in [0.15, 0.2) is 0 Å². The largest absolute Gasteiger partial charge is 0.453 e. The predicted octanol–water partition coefficient (Wildman–Crippen LogP) is 5.16. The number of anilines is 1. The van der Waals surface area contributed by atoms with E-state index in [2.05, 4.69) is 52.7 Å². The molecular weight excluding hydrogens is 1040 g/mol. The van der Waals surface area contributed by atoms with Gasteiger partial charge in [-0.3, -0.25) is 19.9 Å². The summed E-state index contributed by atoms with van der Waals surface area (Å²) in [6, 6.07) is 7.72. The van der Waals surface area contributed by atoms with E-state index >= 15 is 8.78 Å². The maximum absolute atomic E-state index is 16.0. The van der Waals surface area contributed by atoms with Crippen LogP contribution in [0.4, 0.5) is 46.1 Å². The minimum atomic E-state index is -5.09. The van der Waals surface area contributed by atoms with Gasteiger partial charge in [-0.1, -0.05) is 44.7 Å². The number of alkyl carbamates (subject to hydrolysis) is 2. The lowest BCUT2D eigenvalue weighted by molar-refractivity contribution is -0.220. The highest BCUT2D eigenvalue weighted by Gasteiger charge is 2.56. The number of allylic oxidation sites excluding steroid dienone is 1. The van der Waals surface area contributed by atoms with Crippen LogP contribution in [0.3, 0.4) is 0 Å². The van der Waals surface area contributed by atoms with E-state index in [0.29, 0.717) is 48.7 Å². The summed E-state index contributed by atoms with van der Waals surface area (Å²) in [5.41, 5.74) is -1.49. The molecular formula is C53H65F7N10O8. The van der Waals surface area contributed by atoms with Crippen molar-refractivity contribution in [3.8, 4) is 11.8 Å². The fourth-order valence-corrected chi connectivity index (χ4v) is 9.13. The van der Waals surface area contributed by atoms with Crippen LogP contribution in [0.5, 0.6) is 0 Å². The van der Waals surface area contributed by atoms with Crippen LogP contribution in [-0.4, -0.2) is 158 Å². The van der Waals surface area contributed by atoms with Gasteiger partial charge in [0.2, 0.25) is 5.91 Å². The van der Waals surface area contributed by atoms with E-state index in [1.807, 2.05) is 17.4 Å². The zero-order valence-electron chi connectivity index (χ0n) is 44.1. The number of halogens is 7. The number of carbonyl (C=O) groups is 4. The third-order valence-electron chi connectivity index (χ3n) is 13.8. The van der Waals surface area contributed by atoms with Crippen molar-refractivity contribution in [2.45, 2.75) is 109 Å². The summed E-state index contributed by atoms with van der Waals surface area (Å²) >= 11 is 0. The summed E-state index contributed by atoms with van der Waals surface area (Å²) in [6.45, 7) is 6.98. The van der Waals surface area contributed by atoms with Crippen molar-refractivity contribution in [3.05, 3.63) is 106 Å². The Morgan fingerprint density at radius 3 is 2.01 bits per heavy atom. The summed E-state index contributed by atoms with van der Waals surface area (Å²) in [4.78, 5) is 62.5. The second kappa shape index (κ2) is 25.6. The first kappa shape index (κ1) is 60.2. The highest BCUT2D eigenvalue weighted by atomic mass is 19.4. The van der Waals surface area contributed by atoms with Gasteiger partial charge in [0, 0.05) is 66.7 Å². The van der Waals surface area contributed by atoms with Gasteiger partial charge in [-0.05, 0) is 86.3 Å². The molecule has 78 heavy (non-hydrogen) atoms. The monoisotopic (exact) mass is 1100 g/mol. The molecule has 3 saturated heterocycles. The van der Waals surface area contributed by atoms with E-state index in [9.17, 15) is 46.2 Å². The molecule has 1 aromatic heterocycles. The first-order chi connectivity index (χ1) is 36.7. The number of hydrogen-bond acceptors (Lipinski definition) is 14. The van der Waals surface area contributed by atoms with Gasteiger partial charge in [0.05, 0.1) is 63.3 Å². The van der Waals surface area contributed by atoms with Gasteiger partial charge < -0.3 is 50.9 Å². The molecule has 0 unspecified atom stereocenters. The number of nitrogens with one attached hydrogen (secondary N) is 6. The molecule has 2 aromatic carbocycles. The molecule has 6 atom stereocenters. The molecule has 6 rings (SSSR count). The van der Waals surface area contributed by atoms with E-state index < -0.39 is 114 Å². The molecule has 0 radical (unpaired) electrons. The normalized spacial score (nSPS) is 18.3. The number of alkyl halides is 5. The number of likely N-dealkylation sites (tertiary alicyclic amines) is 1. The second-order valence-electron chi connectivity index (χ2n) is 20.9. The molecule has 25 heteroatoms. The van der Waals surface area contributed by atoms with Crippen LogP contribution in [0, 0.1) is 39.7 Å². The topological polar surface area (TPSA) is 223 Å². The molecule has 18 nitrogen and oxygen atoms in total. The number of aliphatic hydroxyl groups excluding tert-OH is 1. The number of amides is 4. The Morgan fingerprint density at radius 1 is 0.872 bits per heavy atom. The number of fused-ring (bicyclic) bond motifs is 2. The quantitative estimate of drug-likeness (QED) is 0.0318. The molecule has 424 valence electrons. The number of piperazine rings is 1. The van der Waals surface area contributed by atoms with Gasteiger partial charge in [-0.15, -0.1) is 0 Å². The average molecular weight is 1100 g/mol. The van der Waals surface area contributed by atoms with Gasteiger partial charge >= 0.3 is 18.4 Å². The van der Waals surface area contributed by atoms with Crippen molar-refractivity contribution in [1.29, 1.82) is 5.41 Å². The zero-order chi connectivity index (χ0) is 57.3. The maximum atomic E-state index is 16.0. The molecule has 3 aliphatic heterocycles. The van der Waals surface area contributed by atoms with E-state index in [-0.39, 0.29) is 12.0 Å². The number of hydrazine groups is 1. The molecule has 0 saturated carbocycles. The highest BCUT2D eigenvalue weighted by Crippen LogP contribution is 2.41. The van der Waals surface area contributed by atoms with Gasteiger partial charge in [0.25, 0.3) is 12.3 Å². The van der Waals surface area contributed by atoms with Gasteiger partial charge in [-0.2, -0.15) is 13.2 Å². The molecule has 7 N–H and O–H groups in total. The zero-order valence-corrected chi connectivity index (χ0v) is 44.1. The van der Waals surface area contributed by atoms with E-state index in [1.165, 1.54) is 0 Å². The van der Waals surface area contributed by atoms with Crippen molar-refractivity contribution < 1.29 is 69.2 Å². The molecule has 2 bridgehead atoms. The fourth-order valence-electron chi connectivity index (χ4n) is 9.13. The summed E-state index contributed by atoms with van der Waals surface area (Å²) in [5, 5.41) is 30.2. The smallest absolute Gasteiger partial charge is 0.407 e. The van der Waals surface area contributed by atoms with Crippen molar-refractivity contribution in [3.63, 3.8) is 0 Å². The minimum Gasteiger partial charge on any atom is -0.453 e. The summed E-state index contributed by atoms with van der Waals surface area (Å²) < 4.78 is 115. The number of aliphatic hydroxyl groups is 1. The number of benzene rings is 2. The number of hydrogen-bond donors (Lipinski definition) is 7. The van der Waals surface area contributed by atoms with Crippen LogP contribution in [0.1, 0.15) is 68.9 Å². The number of pyridine rings is 1. The number of rotatable bonds is 21. The first-order valence-corrected chi connectivity index (χ1v) is 24.9. The van der Waals surface area contributed by atoms with Crippen molar-refractivity contribution in [2.24, 2.45) is 10.8 Å². The number of methoxy groups -OCH3 is 2. The van der Waals surface area contributed by atoms with E-state index in [0.717, 1.165) is 82.2 Å². The Balaban J connectivity index is 1.28. The van der Waals surface area contributed by atoms with Gasteiger partial charge in [0.1, 0.15) is 29.5 Å². The SMILES string of the molecule is COC(=O)N[C@H](C(=O)NN(Cc1c(F)cc(C(=N)/C=C\NCC(F)F)cc1F)C[C@H](O)[C@H](Cc1ccc(C#Cc2ccc(N3C[C@H]4C[C@@H]3CN4C3COC3)nc2)cc1)NC(=O)[C@@H](NC(=O)OC)C(C)(C)C(F)(F)F)C(C)(C)C. The standard InChI is InChI=1S/C53H65F7N10O8/c1-51(2,3)45(65-49(74)76-6)48(73)67-68(26-37-38(54)19-33(20-39(37)55)40(61)16-17-62-23-43(56)57)27-42(71)41(64-47(72)46(66-50(75)77-7)52(4,5)53(58,59)60)18-31-11-8-30(9-12-31)10-13-32-14-15-44(63-22-32)70-25-34-21-35(70)24-69(34)36-28-78-29-36/h8-9,11-12,14-17,19-20,22,34-36,41-43,45-46,61-62,71H,18,21,23-29H2,1-7H3,(H,64,72)(H,65,74)(H,66,75)(H,67,73)/b17-16-,61-40?/t34-,35-,41+,42+,45-,46-/m1/s1. The lowest BCUT2D eigenvalue weighted by Gasteiger charge is -2.42. The van der Waals surface area contributed by atoms with Crippen molar-refractivity contribution >= 4 is 35.5 Å². The van der Waals surface area contributed by atoms with Crippen molar-refractivity contribution in [1.82, 2.24) is 41.6 Å². The van der Waals surface area contributed by atoms with Crippen LogP contribution in [-0.2, 0) is 36.8 Å². The molecule has 4 amide bonds. The van der Waals surface area contributed by atoms with E-state index in [4.69, 9.17) is 14.9 Å². The minimum absolute atomic E-state index is 0.311. The predicted molar refractivity (Wildman–Crippen MR) is 272 cm³/mol. The van der Waals surface area contributed by atoms with Crippen LogP contribution >= 0.6 is 0 Å². The molecule has 4 heterocycles. The van der Waals surface area contributed by atoms with Crippen LogP contribution < -0.4 is 31.6 Å². The fraction of sp³-hybridized carbons (Fsp3) is 0.509. The Labute approximate surface area is 447 Å². The van der Waals surface area contributed by atoms with Gasteiger partial charge in [-0.25, -0.2) is 37.1 Å². The summed E-state index contributed by atoms with van der Waals surface area (Å²) in [7, 11) is 1.92. The number of aromatic nitrogens is 1. The lowest BCUT2D eigenvalue weighted by atomic mass is 9.82. The third-order valence-corrected chi connectivity index (χ3v) is 13.8. The number of nitrogens with zero attached hydrogens (tertiary/aromatic N) is 4. The third kappa shape index (κ3) is 15.4. The Hall–Kier alpha value is -7.01. The molecule has 3 aliphatic rings. The molecule has 3 aromatic rings. The maximum Gasteiger partial charge on any atom is 0.407 e. The summed E-state index contributed by atoms with van der Waals surface area (Å²) in [5.74, 6) is 2.09. The van der Waals surface area contributed by atoms with Crippen LogP contribution in [0.15, 0.2) is 67.0 Å². The lowest BCUT2D eigenvalue weighted by Crippen LogP contribution is -2.63. The Kier molecular flexibility index (Phi) is 19.8. The molecule has 0 spiro atoms. The number of ether oxygens (including phenoxy) is 3. The Morgan fingerprint density at radius 2 is 1.49 bits per heavy atom. The highest BCUT2D eigenvalue weighted by molar-refractivity contribution is 6.06. The average Bonchev–Trinajstić information content (AvgIpc) is 3.98. The Bertz CT molecular complexity index is 2690. The molecule has 0 aliphatic carbocycles. The second-order valence-corrected chi connectivity index (χ2v) is 20.9. The van der Waals surface area contributed by atoms with Crippen LogP contribution in [0.2, 0.25) is 0 Å².